The molecule has 1 aromatic carbocycles. The molecular weight excluding hydrogens is 492 g/mol. The minimum atomic E-state index is -0.268. The van der Waals surface area contributed by atoms with Crippen LogP contribution in [0.15, 0.2) is 110 Å². The van der Waals surface area contributed by atoms with Gasteiger partial charge in [-0.1, -0.05) is 69.5 Å². The number of amides is 2. The van der Waals surface area contributed by atoms with Crippen LogP contribution in [0.5, 0.6) is 0 Å². The summed E-state index contributed by atoms with van der Waals surface area (Å²) in [6, 6.07) is 7.90. The van der Waals surface area contributed by atoms with Crippen LogP contribution in [0.25, 0.3) is 0 Å². The van der Waals surface area contributed by atoms with Gasteiger partial charge in [0.2, 0.25) is 11.8 Å². The number of hydrogen-bond acceptors (Lipinski definition) is 3. The van der Waals surface area contributed by atoms with Crippen LogP contribution in [-0.4, -0.2) is 16.7 Å². The number of benzene rings is 1. The van der Waals surface area contributed by atoms with Gasteiger partial charge >= 0.3 is 0 Å². The standard InChI is InChI=1S/C36H40N2O2/c1-7-27-18-21(3)31-23(5)37(24(6)33(27)31)29-11-9-10-25(12-15-29)20-26-13-16-30(17-14-26)38-35(39)32-22(4)19-28(8-2)34(32)36(38)40/h7-8,10-17,21-22,27-28,31-34H,1-2,5-6,9,18-20H2,3-4H3. The average molecular weight is 533 g/mol. The highest BCUT2D eigenvalue weighted by Gasteiger charge is 2.57. The Labute approximate surface area is 238 Å². The van der Waals surface area contributed by atoms with Gasteiger partial charge in [-0.15, -0.1) is 13.2 Å². The summed E-state index contributed by atoms with van der Waals surface area (Å²) >= 11 is 0. The molecule has 40 heavy (non-hydrogen) atoms. The molecule has 0 spiro atoms. The third kappa shape index (κ3) is 4.03. The Balaban J connectivity index is 1.14. The first-order valence-corrected chi connectivity index (χ1v) is 14.7. The molecule has 2 aliphatic heterocycles. The molecule has 1 aromatic rings. The molecule has 2 heterocycles. The molecule has 0 N–H and O–H groups in total. The number of carbonyl (C=O) groups is 2. The first kappa shape index (κ1) is 26.6. The summed E-state index contributed by atoms with van der Waals surface area (Å²) in [4.78, 5) is 30.2. The molecule has 4 fully saturated rings. The summed E-state index contributed by atoms with van der Waals surface area (Å²) in [5, 5.41) is 0. The summed E-state index contributed by atoms with van der Waals surface area (Å²) < 4.78 is 0. The van der Waals surface area contributed by atoms with Crippen LogP contribution in [0.3, 0.4) is 0 Å². The number of imide groups is 1. The third-order valence-electron chi connectivity index (χ3n) is 10.2. The van der Waals surface area contributed by atoms with Gasteiger partial charge < -0.3 is 4.90 Å². The maximum atomic E-state index is 13.3. The quantitative estimate of drug-likeness (QED) is 0.284. The molecule has 4 nitrogen and oxygen atoms in total. The van der Waals surface area contributed by atoms with Crippen molar-refractivity contribution in [3.63, 3.8) is 0 Å². The minimum Gasteiger partial charge on any atom is -0.319 e. The van der Waals surface area contributed by atoms with Crippen LogP contribution in [0, 0.1) is 47.3 Å². The van der Waals surface area contributed by atoms with E-state index in [1.54, 1.807) is 0 Å². The molecule has 0 radical (unpaired) electrons. The zero-order valence-electron chi connectivity index (χ0n) is 23.8. The van der Waals surface area contributed by atoms with Crippen molar-refractivity contribution >= 4 is 17.5 Å². The van der Waals surface area contributed by atoms with E-state index in [9.17, 15) is 9.59 Å². The number of fused-ring (bicyclic) bond motifs is 2. The number of anilines is 1. The highest BCUT2D eigenvalue weighted by Crippen LogP contribution is 2.56. The fourth-order valence-electron chi connectivity index (χ4n) is 8.33. The Morgan fingerprint density at radius 2 is 1.38 bits per heavy atom. The van der Waals surface area contributed by atoms with Gasteiger partial charge in [0.05, 0.1) is 17.5 Å². The topological polar surface area (TPSA) is 40.6 Å². The SMILES string of the molecule is C=CC1CC(C)C2C(=C)N(C3=CCC=C(Cc4ccc(N5C(=O)C6C(C)CC(C=C)C6C5=O)cc4)C=C3)C(=C)C12. The average Bonchev–Trinajstić information content (AvgIpc) is 3.56. The minimum absolute atomic E-state index is 0.0596. The number of rotatable bonds is 6. The molecule has 0 bridgehead atoms. The monoisotopic (exact) mass is 532 g/mol. The Kier molecular flexibility index (Phi) is 6.68. The summed E-state index contributed by atoms with van der Waals surface area (Å²) in [7, 11) is 0. The number of nitrogens with zero attached hydrogens (tertiary/aromatic N) is 2. The Morgan fingerprint density at radius 3 is 2.05 bits per heavy atom. The van der Waals surface area contributed by atoms with Gasteiger partial charge in [0.25, 0.3) is 0 Å². The molecule has 2 amide bonds. The number of hydrogen-bond donors (Lipinski definition) is 0. The molecule has 8 unspecified atom stereocenters. The maximum Gasteiger partial charge on any atom is 0.238 e. The van der Waals surface area contributed by atoms with Crippen molar-refractivity contribution in [2.45, 2.75) is 39.5 Å². The normalized spacial score (nSPS) is 35.0. The van der Waals surface area contributed by atoms with E-state index in [2.05, 4.69) is 75.4 Å². The predicted molar refractivity (Wildman–Crippen MR) is 162 cm³/mol. The second kappa shape index (κ2) is 10.1. The van der Waals surface area contributed by atoms with E-state index in [4.69, 9.17) is 0 Å². The van der Waals surface area contributed by atoms with Gasteiger partial charge in [-0.3, -0.25) is 14.5 Å². The van der Waals surface area contributed by atoms with E-state index in [1.807, 2.05) is 30.3 Å². The zero-order chi connectivity index (χ0) is 28.3. The smallest absolute Gasteiger partial charge is 0.238 e. The van der Waals surface area contributed by atoms with Gasteiger partial charge in [-0.25, -0.2) is 0 Å². The van der Waals surface area contributed by atoms with Crippen molar-refractivity contribution in [2.75, 3.05) is 4.90 Å². The molecular formula is C36H40N2O2. The number of likely N-dealkylation sites (tertiary alicyclic amines) is 1. The number of carbonyl (C=O) groups excluding carboxylic acids is 2. The van der Waals surface area contributed by atoms with Crippen LogP contribution in [0.1, 0.15) is 38.7 Å². The van der Waals surface area contributed by atoms with Crippen molar-refractivity contribution < 1.29 is 9.59 Å². The Morgan fingerprint density at radius 1 is 0.775 bits per heavy atom. The van der Waals surface area contributed by atoms with Crippen LogP contribution in [0.2, 0.25) is 0 Å². The molecule has 2 saturated heterocycles. The molecule has 8 atom stereocenters. The zero-order valence-corrected chi connectivity index (χ0v) is 23.8. The maximum absolute atomic E-state index is 13.3. The largest absolute Gasteiger partial charge is 0.319 e. The van der Waals surface area contributed by atoms with E-state index in [1.165, 1.54) is 10.5 Å². The number of allylic oxidation sites excluding steroid dienone is 9. The molecule has 5 aliphatic rings. The second-order valence-electron chi connectivity index (χ2n) is 12.5. The van der Waals surface area contributed by atoms with Crippen LogP contribution >= 0.6 is 0 Å². The first-order valence-electron chi connectivity index (χ1n) is 14.7. The molecule has 4 heteroatoms. The van der Waals surface area contributed by atoms with Gasteiger partial charge in [0.1, 0.15) is 0 Å². The molecule has 3 aliphatic carbocycles. The van der Waals surface area contributed by atoms with Gasteiger partial charge in [0.15, 0.2) is 0 Å². The highest BCUT2D eigenvalue weighted by atomic mass is 16.2. The van der Waals surface area contributed by atoms with Crippen molar-refractivity contribution in [1.29, 1.82) is 0 Å². The predicted octanol–water partition coefficient (Wildman–Crippen LogP) is 7.36. The van der Waals surface area contributed by atoms with Crippen LogP contribution in [0.4, 0.5) is 5.69 Å². The lowest BCUT2D eigenvalue weighted by molar-refractivity contribution is -0.123. The summed E-state index contributed by atoms with van der Waals surface area (Å²) in [6.45, 7) is 21.4. The molecule has 6 rings (SSSR count). The Bertz CT molecular complexity index is 1390. The van der Waals surface area contributed by atoms with E-state index in [0.29, 0.717) is 29.4 Å². The third-order valence-corrected chi connectivity index (χ3v) is 10.2. The molecule has 2 saturated carbocycles. The van der Waals surface area contributed by atoms with Gasteiger partial charge in [0, 0.05) is 28.9 Å². The van der Waals surface area contributed by atoms with Crippen LogP contribution < -0.4 is 4.90 Å². The van der Waals surface area contributed by atoms with E-state index >= 15 is 0 Å². The van der Waals surface area contributed by atoms with E-state index < -0.39 is 0 Å². The molecule has 0 aromatic heterocycles. The van der Waals surface area contributed by atoms with Crippen molar-refractivity contribution in [2.24, 2.45) is 47.3 Å². The highest BCUT2D eigenvalue weighted by molar-refractivity contribution is 6.22. The van der Waals surface area contributed by atoms with Crippen molar-refractivity contribution in [1.82, 2.24) is 4.90 Å². The first-order chi connectivity index (χ1) is 19.2. The van der Waals surface area contributed by atoms with Gasteiger partial charge in [-0.2, -0.15) is 0 Å². The lowest BCUT2D eigenvalue weighted by Gasteiger charge is -2.26. The fourth-order valence-corrected chi connectivity index (χ4v) is 8.33. The van der Waals surface area contributed by atoms with E-state index in [0.717, 1.165) is 48.3 Å². The lowest BCUT2D eigenvalue weighted by atomic mass is 9.88. The van der Waals surface area contributed by atoms with Crippen LogP contribution in [-0.2, 0) is 16.0 Å². The fraction of sp³-hybridized carbons (Fsp3) is 0.389. The second-order valence-corrected chi connectivity index (χ2v) is 12.5. The van der Waals surface area contributed by atoms with Crippen molar-refractivity contribution in [3.8, 4) is 0 Å². The van der Waals surface area contributed by atoms with Crippen molar-refractivity contribution in [3.05, 3.63) is 115 Å². The summed E-state index contributed by atoms with van der Waals surface area (Å²) in [5.41, 5.74) is 6.49. The summed E-state index contributed by atoms with van der Waals surface area (Å²) in [6.07, 6.45) is 16.5. The van der Waals surface area contributed by atoms with Gasteiger partial charge in [-0.05, 0) is 78.7 Å². The van der Waals surface area contributed by atoms with E-state index in [-0.39, 0.29) is 35.5 Å². The Hall–Kier alpha value is -3.66. The lowest BCUT2D eigenvalue weighted by Crippen LogP contribution is -2.33. The molecule has 206 valence electrons. The summed E-state index contributed by atoms with van der Waals surface area (Å²) in [5.74, 6) is 1.50.